The molecule has 0 spiro atoms. The molecule has 0 aromatic heterocycles. The summed E-state index contributed by atoms with van der Waals surface area (Å²) in [4.78, 5) is 0. The molecular formula is CH2Cl2O2S2. The molecule has 0 aliphatic heterocycles. The second-order valence-corrected chi connectivity index (χ2v) is 4.87. The Kier molecular flexibility index (Phi) is 4.31. The van der Waals surface area contributed by atoms with Gasteiger partial charge in [0.15, 0.2) is 0 Å². The minimum Gasteiger partial charge on any atom is -0.242 e. The molecule has 0 saturated heterocycles. The summed E-state index contributed by atoms with van der Waals surface area (Å²) in [7, 11) is 6.62. The second kappa shape index (κ2) is 3.83. The van der Waals surface area contributed by atoms with Gasteiger partial charge in [-0.15, -0.1) is 0 Å². The van der Waals surface area contributed by atoms with Crippen LogP contribution in [-0.4, -0.2) is 13.5 Å². The van der Waals surface area contributed by atoms with Crippen molar-refractivity contribution in [1.82, 2.24) is 0 Å². The van der Waals surface area contributed by atoms with Gasteiger partial charge in [-0.1, -0.05) is 0 Å². The van der Waals surface area contributed by atoms with Gasteiger partial charge in [-0.2, -0.15) is 0 Å². The van der Waals surface area contributed by atoms with Gasteiger partial charge in [0.2, 0.25) is 0 Å². The molecular weight excluding hydrogens is 179 g/mol. The third-order valence-corrected chi connectivity index (χ3v) is 3.27. The summed E-state index contributed by atoms with van der Waals surface area (Å²) < 4.78 is 19.7. The molecule has 0 rings (SSSR count). The Balaban J connectivity index is 3.32. The van der Waals surface area contributed by atoms with E-state index in [2.05, 4.69) is 0 Å². The minimum atomic E-state index is -1.56. The highest BCUT2D eigenvalue weighted by Crippen LogP contribution is 1.95. The fourth-order valence-corrected chi connectivity index (χ4v) is 2.52. The van der Waals surface area contributed by atoms with E-state index in [9.17, 15) is 8.42 Å². The van der Waals surface area contributed by atoms with Crippen LogP contribution in [0.15, 0.2) is 0 Å². The van der Waals surface area contributed by atoms with E-state index < -0.39 is 20.0 Å². The van der Waals surface area contributed by atoms with Gasteiger partial charge in [-0.05, 0) is 21.4 Å². The van der Waals surface area contributed by atoms with Crippen molar-refractivity contribution >= 4 is 41.4 Å². The minimum absolute atomic E-state index is 0.164. The summed E-state index contributed by atoms with van der Waals surface area (Å²) in [5.74, 6) is 0. The molecule has 0 heterocycles. The van der Waals surface area contributed by atoms with Crippen LogP contribution in [0.25, 0.3) is 0 Å². The summed E-state index contributed by atoms with van der Waals surface area (Å²) in [6, 6.07) is 0. The SMILES string of the molecule is O=S(Cl)CS(=O)Cl. The van der Waals surface area contributed by atoms with E-state index in [1.165, 1.54) is 0 Å². The van der Waals surface area contributed by atoms with Gasteiger partial charge >= 0.3 is 0 Å². The van der Waals surface area contributed by atoms with Crippen LogP contribution in [0.3, 0.4) is 0 Å². The smallest absolute Gasteiger partial charge is 0.129 e. The van der Waals surface area contributed by atoms with Crippen LogP contribution in [0.1, 0.15) is 0 Å². The first kappa shape index (κ1) is 7.88. The van der Waals surface area contributed by atoms with Crippen LogP contribution in [-0.2, 0) is 20.0 Å². The van der Waals surface area contributed by atoms with E-state index in [1.54, 1.807) is 0 Å². The molecule has 6 heteroatoms. The largest absolute Gasteiger partial charge is 0.242 e. The van der Waals surface area contributed by atoms with Crippen LogP contribution in [0.5, 0.6) is 0 Å². The lowest BCUT2D eigenvalue weighted by Crippen LogP contribution is -1.89. The molecule has 0 saturated carbocycles. The Hall–Kier alpha value is 0.880. The lowest BCUT2D eigenvalue weighted by atomic mass is 11.9. The quantitative estimate of drug-likeness (QED) is 0.589. The lowest BCUT2D eigenvalue weighted by molar-refractivity contribution is 0.688. The highest BCUT2D eigenvalue weighted by Gasteiger charge is 1.96. The van der Waals surface area contributed by atoms with E-state index in [4.69, 9.17) is 21.4 Å². The van der Waals surface area contributed by atoms with Crippen LogP contribution in [0.4, 0.5) is 0 Å². The molecule has 0 aliphatic carbocycles. The zero-order valence-electron chi connectivity index (χ0n) is 3.10. The van der Waals surface area contributed by atoms with Crippen LogP contribution in [0, 0.1) is 0 Å². The Labute approximate surface area is 55.1 Å². The fourth-order valence-electron chi connectivity index (χ4n) is 0.0728. The number of hydrogen-bond donors (Lipinski definition) is 0. The number of rotatable bonds is 2. The van der Waals surface area contributed by atoms with Crippen LogP contribution in [0.2, 0.25) is 0 Å². The van der Waals surface area contributed by atoms with Crippen molar-refractivity contribution in [2.45, 2.75) is 0 Å². The van der Waals surface area contributed by atoms with Crippen molar-refractivity contribution < 1.29 is 8.42 Å². The van der Waals surface area contributed by atoms with E-state index in [0.717, 1.165) is 0 Å². The van der Waals surface area contributed by atoms with Crippen molar-refractivity contribution in [3.8, 4) is 0 Å². The summed E-state index contributed by atoms with van der Waals surface area (Å²) >= 11 is 0. The van der Waals surface area contributed by atoms with Gasteiger partial charge in [-0.25, -0.2) is 8.42 Å². The van der Waals surface area contributed by atoms with Crippen molar-refractivity contribution in [3.63, 3.8) is 0 Å². The molecule has 44 valence electrons. The third kappa shape index (κ3) is 6.88. The molecule has 0 radical (unpaired) electrons. The normalized spacial score (nSPS) is 18.6. The predicted octanol–water partition coefficient (Wildman–Crippen LogP) is 0.749. The molecule has 0 amide bonds. The Morgan fingerprint density at radius 3 is 1.43 bits per heavy atom. The summed E-state index contributed by atoms with van der Waals surface area (Å²) in [5, 5.41) is -0.164. The number of hydrogen-bond acceptors (Lipinski definition) is 2. The van der Waals surface area contributed by atoms with E-state index in [0.29, 0.717) is 0 Å². The highest BCUT2D eigenvalue weighted by molar-refractivity contribution is 8.22. The zero-order chi connectivity index (χ0) is 5.86. The van der Waals surface area contributed by atoms with Gasteiger partial charge in [0.1, 0.15) is 25.1 Å². The topological polar surface area (TPSA) is 34.1 Å². The molecule has 0 N–H and O–H groups in total. The maximum atomic E-state index is 9.85. The van der Waals surface area contributed by atoms with Gasteiger partial charge in [-0.3, -0.25) is 0 Å². The maximum Gasteiger partial charge on any atom is 0.129 e. The summed E-state index contributed by atoms with van der Waals surface area (Å²) in [6.07, 6.45) is 0. The lowest BCUT2D eigenvalue weighted by Gasteiger charge is -1.79. The third-order valence-electron chi connectivity index (χ3n) is 0.185. The number of halogens is 2. The molecule has 2 atom stereocenters. The van der Waals surface area contributed by atoms with E-state index in [-0.39, 0.29) is 5.08 Å². The average Bonchev–Trinajstić information content (AvgIpc) is 1.27. The molecule has 2 nitrogen and oxygen atoms in total. The van der Waals surface area contributed by atoms with E-state index >= 15 is 0 Å². The van der Waals surface area contributed by atoms with Gasteiger partial charge in [0.25, 0.3) is 0 Å². The fraction of sp³-hybridized carbons (Fsp3) is 1.00. The maximum absolute atomic E-state index is 9.85. The standard InChI is InChI=1S/CH2Cl2O2S2/c2-6(4)1-7(3)5/h1H2. The Bertz CT molecular complexity index is 89.9. The second-order valence-electron chi connectivity index (χ2n) is 0.698. The first-order chi connectivity index (χ1) is 3.13. The van der Waals surface area contributed by atoms with Crippen molar-refractivity contribution in [1.29, 1.82) is 0 Å². The van der Waals surface area contributed by atoms with Crippen LogP contribution >= 0.6 is 21.4 Å². The zero-order valence-corrected chi connectivity index (χ0v) is 6.24. The molecule has 0 aliphatic rings. The average molecular weight is 181 g/mol. The molecule has 0 fully saturated rings. The first-order valence-corrected chi connectivity index (χ1v) is 5.51. The summed E-state index contributed by atoms with van der Waals surface area (Å²) in [5.41, 5.74) is 0. The van der Waals surface area contributed by atoms with Gasteiger partial charge < -0.3 is 0 Å². The van der Waals surface area contributed by atoms with Crippen molar-refractivity contribution in [2.75, 3.05) is 5.08 Å². The monoisotopic (exact) mass is 180 g/mol. The molecule has 0 aromatic rings. The first-order valence-electron chi connectivity index (χ1n) is 1.22. The molecule has 0 aromatic carbocycles. The van der Waals surface area contributed by atoms with E-state index in [1.807, 2.05) is 0 Å². The molecule has 2 unspecified atom stereocenters. The van der Waals surface area contributed by atoms with Gasteiger partial charge in [0, 0.05) is 0 Å². The van der Waals surface area contributed by atoms with Crippen molar-refractivity contribution in [2.24, 2.45) is 0 Å². The predicted molar refractivity (Wildman–Crippen MR) is 32.9 cm³/mol. The summed E-state index contributed by atoms with van der Waals surface area (Å²) in [6.45, 7) is 0. The molecule has 0 bridgehead atoms. The van der Waals surface area contributed by atoms with Gasteiger partial charge in [0.05, 0.1) is 0 Å². The van der Waals surface area contributed by atoms with Crippen LogP contribution < -0.4 is 0 Å². The Morgan fingerprint density at radius 2 is 1.43 bits per heavy atom. The Morgan fingerprint density at radius 1 is 1.14 bits per heavy atom. The van der Waals surface area contributed by atoms with Crippen molar-refractivity contribution in [3.05, 3.63) is 0 Å². The molecule has 7 heavy (non-hydrogen) atoms. The highest BCUT2D eigenvalue weighted by atomic mass is 35.7.